The maximum absolute atomic E-state index is 12.6. The number of hydrogen-bond acceptors (Lipinski definition) is 4. The molecule has 2 heterocycles. The Balaban J connectivity index is 1.30. The number of urea groups is 1. The van der Waals surface area contributed by atoms with Crippen LogP contribution in [0.5, 0.6) is 0 Å². The average molecular weight is 348 g/mol. The lowest BCUT2D eigenvalue weighted by molar-refractivity contribution is -0.134. The number of hydrogen-bond donors (Lipinski definition) is 1. The van der Waals surface area contributed by atoms with Crippen LogP contribution in [0.1, 0.15) is 44.9 Å². The molecule has 25 heavy (non-hydrogen) atoms. The van der Waals surface area contributed by atoms with Crippen LogP contribution in [0.4, 0.5) is 4.79 Å². The van der Waals surface area contributed by atoms with Crippen molar-refractivity contribution in [2.45, 2.75) is 50.5 Å². The smallest absolute Gasteiger partial charge is 0.323 e. The summed E-state index contributed by atoms with van der Waals surface area (Å²) in [6, 6.07) is -0.396. The van der Waals surface area contributed by atoms with E-state index in [0.29, 0.717) is 25.4 Å². The summed E-state index contributed by atoms with van der Waals surface area (Å²) in [6.45, 7) is 1.25. The quantitative estimate of drug-likeness (QED) is 0.723. The predicted octanol–water partition coefficient (Wildman–Crippen LogP) is 0.279. The van der Waals surface area contributed by atoms with Gasteiger partial charge in [0.25, 0.3) is 5.91 Å². The normalized spacial score (nSPS) is 25.4. The Bertz CT molecular complexity index is 624. The molecule has 1 spiro atoms. The lowest BCUT2D eigenvalue weighted by Gasteiger charge is -2.21. The summed E-state index contributed by atoms with van der Waals surface area (Å²) >= 11 is 0. The van der Waals surface area contributed by atoms with Gasteiger partial charge < -0.3 is 15.1 Å². The molecule has 4 rings (SSSR count). The zero-order valence-electron chi connectivity index (χ0n) is 14.3. The third-order valence-corrected chi connectivity index (χ3v) is 5.80. The predicted molar refractivity (Wildman–Crippen MR) is 87.1 cm³/mol. The monoisotopic (exact) mass is 348 g/mol. The summed E-state index contributed by atoms with van der Waals surface area (Å²) < 4.78 is 0. The lowest BCUT2D eigenvalue weighted by atomic mass is 9.98. The Kier molecular flexibility index (Phi) is 3.92. The Morgan fingerprint density at radius 1 is 1.16 bits per heavy atom. The van der Waals surface area contributed by atoms with Crippen molar-refractivity contribution >= 4 is 23.8 Å². The minimum absolute atomic E-state index is 0.0137. The SMILES string of the molecule is O=C(CCN1C(=O)NC2(CCCC2)C1=O)N1CC(=O)N(CC2CC2)C1. The molecule has 0 aromatic heterocycles. The lowest BCUT2D eigenvalue weighted by Crippen LogP contribution is -2.44. The highest BCUT2D eigenvalue weighted by molar-refractivity contribution is 6.07. The molecule has 4 fully saturated rings. The van der Waals surface area contributed by atoms with Crippen molar-refractivity contribution in [2.75, 3.05) is 26.3 Å². The highest BCUT2D eigenvalue weighted by atomic mass is 16.2. The largest absolute Gasteiger partial charge is 0.325 e. The molecule has 0 aromatic rings. The van der Waals surface area contributed by atoms with Crippen molar-refractivity contribution in [1.82, 2.24) is 20.0 Å². The zero-order valence-corrected chi connectivity index (χ0v) is 14.3. The van der Waals surface area contributed by atoms with Crippen LogP contribution < -0.4 is 5.32 Å². The molecule has 136 valence electrons. The van der Waals surface area contributed by atoms with Crippen LogP contribution >= 0.6 is 0 Å². The van der Waals surface area contributed by atoms with Gasteiger partial charge in [0.2, 0.25) is 11.8 Å². The van der Waals surface area contributed by atoms with Crippen LogP contribution in [-0.2, 0) is 14.4 Å². The number of carbonyl (C=O) groups is 4. The van der Waals surface area contributed by atoms with E-state index < -0.39 is 11.6 Å². The van der Waals surface area contributed by atoms with E-state index in [1.807, 2.05) is 0 Å². The van der Waals surface area contributed by atoms with E-state index in [2.05, 4.69) is 5.32 Å². The van der Waals surface area contributed by atoms with Crippen LogP contribution in [0.25, 0.3) is 0 Å². The van der Waals surface area contributed by atoms with Crippen LogP contribution in [0.2, 0.25) is 0 Å². The van der Waals surface area contributed by atoms with Gasteiger partial charge in [-0.3, -0.25) is 19.3 Å². The van der Waals surface area contributed by atoms with Crippen molar-refractivity contribution in [2.24, 2.45) is 5.92 Å². The van der Waals surface area contributed by atoms with Gasteiger partial charge >= 0.3 is 6.03 Å². The first-order valence-electron chi connectivity index (χ1n) is 9.18. The fourth-order valence-electron chi connectivity index (χ4n) is 4.10. The Morgan fingerprint density at radius 2 is 1.88 bits per heavy atom. The summed E-state index contributed by atoms with van der Waals surface area (Å²) in [6.07, 6.45) is 5.62. The Morgan fingerprint density at radius 3 is 2.56 bits per heavy atom. The van der Waals surface area contributed by atoms with E-state index in [4.69, 9.17) is 0 Å². The van der Waals surface area contributed by atoms with Crippen LogP contribution in [0.3, 0.4) is 0 Å². The van der Waals surface area contributed by atoms with Gasteiger partial charge in [0.1, 0.15) is 12.1 Å². The third kappa shape index (κ3) is 2.98. The highest BCUT2D eigenvalue weighted by Gasteiger charge is 2.52. The third-order valence-electron chi connectivity index (χ3n) is 5.80. The van der Waals surface area contributed by atoms with E-state index in [1.165, 1.54) is 9.80 Å². The van der Waals surface area contributed by atoms with E-state index in [0.717, 1.165) is 32.2 Å². The van der Waals surface area contributed by atoms with E-state index in [9.17, 15) is 19.2 Å². The van der Waals surface area contributed by atoms with Crippen molar-refractivity contribution in [3.8, 4) is 0 Å². The maximum Gasteiger partial charge on any atom is 0.325 e. The van der Waals surface area contributed by atoms with Gasteiger partial charge in [0.15, 0.2) is 0 Å². The Hall–Kier alpha value is -2.12. The fourth-order valence-corrected chi connectivity index (χ4v) is 4.10. The minimum Gasteiger partial charge on any atom is -0.323 e. The highest BCUT2D eigenvalue weighted by Crippen LogP contribution is 2.35. The molecule has 8 nitrogen and oxygen atoms in total. The molecule has 2 aliphatic carbocycles. The molecule has 2 saturated carbocycles. The molecule has 2 aliphatic heterocycles. The topological polar surface area (TPSA) is 90.0 Å². The number of amides is 5. The van der Waals surface area contributed by atoms with Gasteiger partial charge in [-0.05, 0) is 31.6 Å². The van der Waals surface area contributed by atoms with Gasteiger partial charge in [-0.25, -0.2) is 4.79 Å². The van der Waals surface area contributed by atoms with Gasteiger partial charge in [0, 0.05) is 19.5 Å². The van der Waals surface area contributed by atoms with Gasteiger partial charge in [0.05, 0.1) is 6.67 Å². The second-order valence-electron chi connectivity index (χ2n) is 7.72. The molecule has 2 saturated heterocycles. The zero-order chi connectivity index (χ0) is 17.6. The van der Waals surface area contributed by atoms with Crippen LogP contribution in [0.15, 0.2) is 0 Å². The molecule has 0 bridgehead atoms. The molecule has 0 radical (unpaired) electrons. The number of carbonyl (C=O) groups excluding carboxylic acids is 4. The van der Waals surface area contributed by atoms with Crippen molar-refractivity contribution in [1.29, 1.82) is 0 Å². The summed E-state index contributed by atoms with van der Waals surface area (Å²) in [4.78, 5) is 53.5. The summed E-state index contributed by atoms with van der Waals surface area (Å²) in [5, 5.41) is 2.82. The number of nitrogens with zero attached hydrogens (tertiary/aromatic N) is 3. The first-order valence-corrected chi connectivity index (χ1v) is 9.18. The first-order chi connectivity index (χ1) is 12.0. The number of nitrogens with one attached hydrogen (secondary N) is 1. The molecule has 5 amide bonds. The second-order valence-corrected chi connectivity index (χ2v) is 7.72. The minimum atomic E-state index is -0.731. The van der Waals surface area contributed by atoms with E-state index in [1.54, 1.807) is 4.90 Å². The first kappa shape index (κ1) is 16.4. The second kappa shape index (κ2) is 6.00. The standard InChI is InChI=1S/C17H24N4O4/c22-13(20-10-14(23)19(11-20)9-12-3-4-12)5-8-21-15(24)17(18-16(21)25)6-1-2-7-17/h12H,1-11H2,(H,18,25). The van der Waals surface area contributed by atoms with Crippen molar-refractivity contribution in [3.63, 3.8) is 0 Å². The van der Waals surface area contributed by atoms with Gasteiger partial charge in [-0.15, -0.1) is 0 Å². The van der Waals surface area contributed by atoms with Crippen molar-refractivity contribution < 1.29 is 19.2 Å². The summed E-state index contributed by atoms with van der Waals surface area (Å²) in [5.74, 6) is 0.197. The molecular formula is C17H24N4O4. The molecular weight excluding hydrogens is 324 g/mol. The maximum atomic E-state index is 12.6. The number of rotatable bonds is 5. The average Bonchev–Trinajstić information content (AvgIpc) is 3.05. The van der Waals surface area contributed by atoms with Gasteiger partial charge in [-0.1, -0.05) is 12.8 Å². The van der Waals surface area contributed by atoms with Crippen LogP contribution in [0, 0.1) is 5.92 Å². The molecule has 0 atom stereocenters. The van der Waals surface area contributed by atoms with Crippen molar-refractivity contribution in [3.05, 3.63) is 0 Å². The van der Waals surface area contributed by atoms with E-state index in [-0.39, 0.29) is 37.2 Å². The molecule has 0 unspecified atom stereocenters. The van der Waals surface area contributed by atoms with Crippen LogP contribution in [-0.4, -0.2) is 70.3 Å². The summed E-state index contributed by atoms with van der Waals surface area (Å²) in [7, 11) is 0. The Labute approximate surface area is 146 Å². The molecule has 8 heteroatoms. The molecule has 0 aromatic carbocycles. The van der Waals surface area contributed by atoms with E-state index >= 15 is 0 Å². The molecule has 4 aliphatic rings. The summed E-state index contributed by atoms with van der Waals surface area (Å²) in [5.41, 5.74) is -0.731. The molecule has 1 N–H and O–H groups in total. The fraction of sp³-hybridized carbons (Fsp3) is 0.765. The number of imide groups is 1. The van der Waals surface area contributed by atoms with Gasteiger partial charge in [-0.2, -0.15) is 0 Å².